The number of amidine groups is 1. The van der Waals surface area contributed by atoms with E-state index in [0.717, 1.165) is 23.4 Å². The van der Waals surface area contributed by atoms with Crippen molar-refractivity contribution in [1.29, 1.82) is 0 Å². The Kier molecular flexibility index (Phi) is 7.10. The molecule has 1 aliphatic heterocycles. The molecule has 1 aliphatic carbocycles. The highest BCUT2D eigenvalue weighted by Gasteiger charge is 2.27. The number of rotatable bonds is 5. The van der Waals surface area contributed by atoms with Crippen LogP contribution in [0.4, 0.5) is 10.1 Å². The zero-order valence-corrected chi connectivity index (χ0v) is 15.8. The van der Waals surface area contributed by atoms with Gasteiger partial charge in [-0.2, -0.15) is 4.39 Å². The van der Waals surface area contributed by atoms with Crippen LogP contribution in [-0.4, -0.2) is 42.3 Å². The number of nitrogens with zero attached hydrogens (tertiary/aromatic N) is 3. The average Bonchev–Trinajstić information content (AvgIpc) is 3.50. The van der Waals surface area contributed by atoms with E-state index in [1.165, 1.54) is 25.1 Å². The van der Waals surface area contributed by atoms with E-state index < -0.39 is 5.95 Å². The molecule has 7 nitrogen and oxygen atoms in total. The van der Waals surface area contributed by atoms with Gasteiger partial charge in [-0.05, 0) is 25.8 Å². The third kappa shape index (κ3) is 5.67. The van der Waals surface area contributed by atoms with Crippen LogP contribution in [0.1, 0.15) is 19.8 Å². The van der Waals surface area contributed by atoms with Crippen molar-refractivity contribution in [2.75, 3.05) is 19.4 Å². The molecule has 0 saturated heterocycles. The fraction of sp³-hybridized carbons (Fsp3) is 0.316. The Bertz CT molecular complexity index is 782. The average molecular weight is 372 g/mol. The van der Waals surface area contributed by atoms with Crippen molar-refractivity contribution in [3.63, 3.8) is 0 Å². The first-order valence-corrected chi connectivity index (χ1v) is 8.64. The number of aromatic nitrogens is 1. The molecule has 0 spiro atoms. The van der Waals surface area contributed by atoms with Crippen LogP contribution < -0.4 is 16.1 Å². The lowest BCUT2D eigenvalue weighted by Gasteiger charge is -2.33. The summed E-state index contributed by atoms with van der Waals surface area (Å²) in [6.07, 6.45) is 8.22. The number of pyridine rings is 1. The number of carbonyl (C=O) groups is 1. The van der Waals surface area contributed by atoms with Crippen molar-refractivity contribution in [2.45, 2.75) is 25.8 Å². The van der Waals surface area contributed by atoms with Gasteiger partial charge in [-0.3, -0.25) is 20.2 Å². The predicted molar refractivity (Wildman–Crippen MR) is 105 cm³/mol. The molecular formula is C19H25FN6O. The molecule has 0 amide bonds. The van der Waals surface area contributed by atoms with Gasteiger partial charge in [0.15, 0.2) is 6.29 Å². The normalized spacial score (nSPS) is 18.1. The molecule has 3 rings (SSSR count). The van der Waals surface area contributed by atoms with Gasteiger partial charge in [0.1, 0.15) is 5.84 Å². The van der Waals surface area contributed by atoms with E-state index in [1.54, 1.807) is 31.2 Å². The summed E-state index contributed by atoms with van der Waals surface area (Å²) in [5, 5.41) is 7.84. The highest BCUT2D eigenvalue weighted by molar-refractivity contribution is 5.95. The minimum absolute atomic E-state index is 0.457. The molecule has 2 aliphatic rings. The Morgan fingerprint density at radius 2 is 2.26 bits per heavy atom. The van der Waals surface area contributed by atoms with Crippen LogP contribution in [0.25, 0.3) is 0 Å². The first-order chi connectivity index (χ1) is 13.0. The maximum atomic E-state index is 12.2. The largest absolute Gasteiger partial charge is 0.388 e. The predicted octanol–water partition coefficient (Wildman–Crippen LogP) is 2.35. The van der Waals surface area contributed by atoms with Crippen LogP contribution in [0.2, 0.25) is 0 Å². The molecule has 1 fully saturated rings. The van der Waals surface area contributed by atoms with Gasteiger partial charge in [0.25, 0.3) is 0 Å². The van der Waals surface area contributed by atoms with E-state index in [0.29, 0.717) is 17.6 Å². The Hall–Kier alpha value is -3.16. The van der Waals surface area contributed by atoms with Crippen molar-refractivity contribution in [1.82, 2.24) is 20.7 Å². The van der Waals surface area contributed by atoms with Crippen molar-refractivity contribution in [3.05, 3.63) is 60.1 Å². The summed E-state index contributed by atoms with van der Waals surface area (Å²) in [6, 6.07) is 3.56. The van der Waals surface area contributed by atoms with E-state index in [4.69, 9.17) is 0 Å². The van der Waals surface area contributed by atoms with Crippen LogP contribution in [0.3, 0.4) is 0 Å². The number of aliphatic imine (C=N–C) groups is 1. The van der Waals surface area contributed by atoms with Gasteiger partial charge in [0.2, 0.25) is 5.95 Å². The fourth-order valence-corrected chi connectivity index (χ4v) is 2.27. The highest BCUT2D eigenvalue weighted by Crippen LogP contribution is 2.25. The minimum atomic E-state index is -0.457. The van der Waals surface area contributed by atoms with Crippen LogP contribution in [0.5, 0.6) is 0 Å². The van der Waals surface area contributed by atoms with Gasteiger partial charge in [0, 0.05) is 44.2 Å². The minimum Gasteiger partial charge on any atom is -0.388 e. The summed E-state index contributed by atoms with van der Waals surface area (Å²) in [4.78, 5) is 18.6. The second-order valence-electron chi connectivity index (χ2n) is 5.93. The summed E-state index contributed by atoms with van der Waals surface area (Å²) in [7, 11) is 3.44. The van der Waals surface area contributed by atoms with Gasteiger partial charge in [0.05, 0.1) is 17.1 Å². The van der Waals surface area contributed by atoms with Crippen LogP contribution >= 0.6 is 0 Å². The molecule has 0 unspecified atom stereocenters. The third-order valence-electron chi connectivity index (χ3n) is 3.96. The van der Waals surface area contributed by atoms with Crippen molar-refractivity contribution >= 4 is 17.8 Å². The number of hydrogen-bond donors (Lipinski definition) is 3. The molecule has 1 aromatic heterocycles. The summed E-state index contributed by atoms with van der Waals surface area (Å²) in [5.41, 5.74) is 5.95. The molecule has 0 aromatic carbocycles. The second kappa shape index (κ2) is 9.51. The van der Waals surface area contributed by atoms with E-state index in [-0.39, 0.29) is 0 Å². The summed E-state index contributed by atoms with van der Waals surface area (Å²) < 4.78 is 12.2. The molecule has 1 aromatic rings. The van der Waals surface area contributed by atoms with Crippen molar-refractivity contribution < 1.29 is 9.18 Å². The quantitative estimate of drug-likeness (QED) is 0.418. The maximum absolute atomic E-state index is 12.2. The van der Waals surface area contributed by atoms with Crippen LogP contribution in [-0.2, 0) is 4.79 Å². The van der Waals surface area contributed by atoms with Crippen molar-refractivity contribution in [3.8, 4) is 0 Å². The third-order valence-corrected chi connectivity index (χ3v) is 3.96. The van der Waals surface area contributed by atoms with E-state index in [2.05, 4.69) is 32.6 Å². The highest BCUT2D eigenvalue weighted by atomic mass is 19.1. The molecule has 0 bridgehead atoms. The van der Waals surface area contributed by atoms with E-state index >= 15 is 0 Å². The lowest BCUT2D eigenvalue weighted by atomic mass is 10.2. The number of aldehydes is 1. The summed E-state index contributed by atoms with van der Waals surface area (Å²) in [6.45, 7) is 5.83. The molecular weight excluding hydrogens is 347 g/mol. The molecule has 0 atom stereocenters. The van der Waals surface area contributed by atoms with Crippen LogP contribution in [0.15, 0.2) is 59.1 Å². The second-order valence-corrected chi connectivity index (χ2v) is 5.93. The molecule has 0 radical (unpaired) electrons. The fourth-order valence-electron chi connectivity index (χ4n) is 2.27. The van der Waals surface area contributed by atoms with Crippen molar-refractivity contribution in [2.24, 2.45) is 4.99 Å². The van der Waals surface area contributed by atoms with Gasteiger partial charge in [-0.25, -0.2) is 4.98 Å². The Morgan fingerprint density at radius 1 is 1.52 bits per heavy atom. The summed E-state index contributed by atoms with van der Waals surface area (Å²) in [5.74, 6) is 0.244. The zero-order chi connectivity index (χ0) is 19.8. The van der Waals surface area contributed by atoms with Gasteiger partial charge < -0.3 is 10.6 Å². The van der Waals surface area contributed by atoms with Crippen LogP contribution in [0, 0.1) is 5.95 Å². The number of hydrogen-bond acceptors (Lipinski definition) is 6. The molecule has 144 valence electrons. The number of allylic oxidation sites excluding steroid dienone is 2. The number of anilines is 1. The lowest BCUT2D eigenvalue weighted by molar-refractivity contribution is -0.106. The standard InChI is InChI=1S/C13H18N4O.C6H7FN2/c1-4-11(8-18)17-9(2)12(15-10-5-6-10)7-13(14-3)16-17;1-8-5-2-3-9-6(7)4-5/h4,7-8,10,15H,2,5-6H2,1,3H3,(H,14,16);2-4H,1H3,(H,8,9)/b11-4-;. The first kappa shape index (κ1) is 20.2. The smallest absolute Gasteiger partial charge is 0.214 e. The number of hydrazine groups is 1. The molecule has 27 heavy (non-hydrogen) atoms. The Labute approximate surface area is 158 Å². The lowest BCUT2D eigenvalue weighted by Crippen LogP contribution is -2.46. The van der Waals surface area contributed by atoms with Gasteiger partial charge >= 0.3 is 0 Å². The number of nitrogens with one attached hydrogen (secondary N) is 3. The Balaban J connectivity index is 0.000000244. The Morgan fingerprint density at radius 3 is 2.74 bits per heavy atom. The van der Waals surface area contributed by atoms with Gasteiger partial charge in [-0.1, -0.05) is 12.7 Å². The number of halogens is 1. The van der Waals surface area contributed by atoms with E-state index in [1.807, 2.05) is 13.0 Å². The molecule has 1 saturated carbocycles. The van der Waals surface area contributed by atoms with E-state index in [9.17, 15) is 9.18 Å². The maximum Gasteiger partial charge on any atom is 0.214 e. The molecule has 8 heteroatoms. The topological polar surface area (TPSA) is 81.7 Å². The molecule has 3 N–H and O–H groups in total. The number of carbonyl (C=O) groups excluding carboxylic acids is 1. The summed E-state index contributed by atoms with van der Waals surface area (Å²) >= 11 is 0. The first-order valence-electron chi connectivity index (χ1n) is 8.64. The monoisotopic (exact) mass is 372 g/mol. The SMILES string of the molecule is C=C1C(NC2CC2)=CC(=NC)NN1/C(C=O)=C\C.CNc1ccnc(F)c1. The molecule has 2 heterocycles. The van der Waals surface area contributed by atoms with Gasteiger partial charge in [-0.15, -0.1) is 0 Å². The zero-order valence-electron chi connectivity index (χ0n) is 15.8.